The lowest BCUT2D eigenvalue weighted by Crippen LogP contribution is -2.34. The summed E-state index contributed by atoms with van der Waals surface area (Å²) < 4.78 is 0. The van der Waals surface area contributed by atoms with Crippen molar-refractivity contribution in [3.8, 4) is 0 Å². The van der Waals surface area contributed by atoms with E-state index in [2.05, 4.69) is 5.32 Å². The zero-order chi connectivity index (χ0) is 14.8. The van der Waals surface area contributed by atoms with Crippen molar-refractivity contribution in [3.63, 3.8) is 0 Å². The van der Waals surface area contributed by atoms with Crippen LogP contribution in [0, 0.1) is 0 Å². The summed E-state index contributed by atoms with van der Waals surface area (Å²) in [6.45, 7) is 0. The molecule has 21 heavy (non-hydrogen) atoms. The summed E-state index contributed by atoms with van der Waals surface area (Å²) in [5.74, 6) is -0.429. The second kappa shape index (κ2) is 5.28. The topological polar surface area (TPSA) is 75.4 Å². The van der Waals surface area contributed by atoms with Gasteiger partial charge in [0.15, 0.2) is 0 Å². The van der Waals surface area contributed by atoms with E-state index in [0.717, 1.165) is 5.69 Å². The Morgan fingerprint density at radius 2 is 1.67 bits per heavy atom. The number of rotatable bonds is 3. The highest BCUT2D eigenvalue weighted by atomic mass is 16.2. The molecule has 0 bridgehead atoms. The van der Waals surface area contributed by atoms with Crippen molar-refractivity contribution >= 4 is 28.9 Å². The first kappa shape index (κ1) is 13.2. The molecule has 1 aliphatic rings. The van der Waals surface area contributed by atoms with Crippen molar-refractivity contribution in [1.29, 1.82) is 0 Å². The van der Waals surface area contributed by atoms with Gasteiger partial charge in [0.05, 0.1) is 12.1 Å². The molecular weight excluding hydrogens is 266 g/mol. The van der Waals surface area contributed by atoms with Gasteiger partial charge in [-0.25, -0.2) is 4.90 Å². The summed E-state index contributed by atoms with van der Waals surface area (Å²) in [6, 6.07) is 15.5. The molecule has 0 spiro atoms. The Hall–Kier alpha value is -2.82. The number of nitrogens with one attached hydrogen (secondary N) is 1. The van der Waals surface area contributed by atoms with Gasteiger partial charge in [0, 0.05) is 11.4 Å². The SMILES string of the molecule is Nc1ccc(NC2CC(=O)N(c3ccccc3)C2=O)cc1. The first-order valence-corrected chi connectivity index (χ1v) is 6.69. The Labute approximate surface area is 122 Å². The average molecular weight is 281 g/mol. The fraction of sp³-hybridized carbons (Fsp3) is 0.125. The molecular formula is C16H15N3O2. The highest BCUT2D eigenvalue weighted by molar-refractivity contribution is 6.23. The summed E-state index contributed by atoms with van der Waals surface area (Å²) in [5.41, 5.74) is 7.65. The molecule has 5 heteroatoms. The number of nitrogens with two attached hydrogens (primary N) is 1. The van der Waals surface area contributed by atoms with Crippen molar-refractivity contribution in [2.75, 3.05) is 16.0 Å². The van der Waals surface area contributed by atoms with Crippen molar-refractivity contribution in [2.45, 2.75) is 12.5 Å². The molecule has 0 aliphatic carbocycles. The molecule has 2 amide bonds. The molecule has 0 aromatic heterocycles. The van der Waals surface area contributed by atoms with Crippen LogP contribution in [0.1, 0.15) is 6.42 Å². The maximum absolute atomic E-state index is 12.4. The Bertz CT molecular complexity index is 668. The molecule has 106 valence electrons. The number of hydrogen-bond donors (Lipinski definition) is 2. The van der Waals surface area contributed by atoms with E-state index in [1.165, 1.54) is 4.90 Å². The molecule has 2 aromatic carbocycles. The fourth-order valence-corrected chi connectivity index (χ4v) is 2.37. The fourth-order valence-electron chi connectivity index (χ4n) is 2.37. The number of nitrogens with zero attached hydrogens (tertiary/aromatic N) is 1. The first-order chi connectivity index (χ1) is 10.1. The van der Waals surface area contributed by atoms with Crippen LogP contribution in [0.5, 0.6) is 0 Å². The van der Waals surface area contributed by atoms with Crippen LogP contribution in [-0.2, 0) is 9.59 Å². The number of amides is 2. The Kier molecular flexibility index (Phi) is 3.31. The number of para-hydroxylation sites is 1. The van der Waals surface area contributed by atoms with E-state index in [4.69, 9.17) is 5.73 Å². The lowest BCUT2D eigenvalue weighted by molar-refractivity contribution is -0.121. The van der Waals surface area contributed by atoms with E-state index in [-0.39, 0.29) is 18.2 Å². The van der Waals surface area contributed by atoms with E-state index < -0.39 is 6.04 Å². The number of nitrogen functional groups attached to an aromatic ring is 1. The van der Waals surface area contributed by atoms with Gasteiger partial charge in [-0.3, -0.25) is 9.59 Å². The third kappa shape index (κ3) is 2.58. The van der Waals surface area contributed by atoms with Gasteiger partial charge < -0.3 is 11.1 Å². The quantitative estimate of drug-likeness (QED) is 0.666. The van der Waals surface area contributed by atoms with Crippen LogP contribution < -0.4 is 16.0 Å². The summed E-state index contributed by atoms with van der Waals surface area (Å²) >= 11 is 0. The lowest BCUT2D eigenvalue weighted by Gasteiger charge is -2.16. The van der Waals surface area contributed by atoms with Gasteiger partial charge >= 0.3 is 0 Å². The standard InChI is InChI=1S/C16H15N3O2/c17-11-6-8-12(9-7-11)18-14-10-15(20)19(16(14)21)13-4-2-1-3-5-13/h1-9,14,18H,10,17H2. The summed E-state index contributed by atoms with van der Waals surface area (Å²) in [4.78, 5) is 25.7. The lowest BCUT2D eigenvalue weighted by atomic mass is 10.2. The van der Waals surface area contributed by atoms with E-state index in [0.29, 0.717) is 11.4 Å². The van der Waals surface area contributed by atoms with Crippen molar-refractivity contribution in [2.24, 2.45) is 0 Å². The van der Waals surface area contributed by atoms with E-state index in [1.54, 1.807) is 48.5 Å². The summed E-state index contributed by atoms with van der Waals surface area (Å²) in [7, 11) is 0. The van der Waals surface area contributed by atoms with Gasteiger partial charge in [-0.2, -0.15) is 0 Å². The molecule has 2 aromatic rings. The van der Waals surface area contributed by atoms with Crippen LogP contribution >= 0.6 is 0 Å². The predicted molar refractivity (Wildman–Crippen MR) is 81.8 cm³/mol. The van der Waals surface area contributed by atoms with Gasteiger partial charge in [-0.05, 0) is 36.4 Å². The van der Waals surface area contributed by atoms with Crippen molar-refractivity contribution < 1.29 is 9.59 Å². The third-order valence-corrected chi connectivity index (χ3v) is 3.41. The first-order valence-electron chi connectivity index (χ1n) is 6.69. The molecule has 1 unspecified atom stereocenters. The number of carbonyl (C=O) groups excluding carboxylic acids is 2. The Morgan fingerprint density at radius 3 is 2.33 bits per heavy atom. The molecule has 1 saturated heterocycles. The highest BCUT2D eigenvalue weighted by Gasteiger charge is 2.39. The van der Waals surface area contributed by atoms with Crippen LogP contribution in [0.25, 0.3) is 0 Å². The second-order valence-corrected chi connectivity index (χ2v) is 4.93. The minimum atomic E-state index is -0.540. The Morgan fingerprint density at radius 1 is 1.00 bits per heavy atom. The van der Waals surface area contributed by atoms with Gasteiger partial charge in [0.25, 0.3) is 5.91 Å². The van der Waals surface area contributed by atoms with Crippen molar-refractivity contribution in [1.82, 2.24) is 0 Å². The predicted octanol–water partition coefficient (Wildman–Crippen LogP) is 2.01. The number of carbonyl (C=O) groups is 2. The van der Waals surface area contributed by atoms with Gasteiger partial charge in [0.2, 0.25) is 5.91 Å². The molecule has 3 N–H and O–H groups in total. The van der Waals surface area contributed by atoms with Gasteiger partial charge in [0.1, 0.15) is 6.04 Å². The molecule has 3 rings (SSSR count). The van der Waals surface area contributed by atoms with Crippen LogP contribution in [0.15, 0.2) is 54.6 Å². The van der Waals surface area contributed by atoms with E-state index in [9.17, 15) is 9.59 Å². The number of anilines is 3. The molecule has 0 saturated carbocycles. The smallest absolute Gasteiger partial charge is 0.256 e. The van der Waals surface area contributed by atoms with Crippen LogP contribution in [0.3, 0.4) is 0 Å². The molecule has 1 atom stereocenters. The van der Waals surface area contributed by atoms with Crippen LogP contribution in [-0.4, -0.2) is 17.9 Å². The number of hydrogen-bond acceptors (Lipinski definition) is 4. The second-order valence-electron chi connectivity index (χ2n) is 4.93. The minimum absolute atomic E-state index is 0.151. The average Bonchev–Trinajstić information content (AvgIpc) is 2.77. The van der Waals surface area contributed by atoms with E-state index >= 15 is 0 Å². The highest BCUT2D eigenvalue weighted by Crippen LogP contribution is 2.24. The number of imide groups is 1. The maximum Gasteiger partial charge on any atom is 0.256 e. The zero-order valence-electron chi connectivity index (χ0n) is 11.3. The molecule has 0 radical (unpaired) electrons. The van der Waals surface area contributed by atoms with E-state index in [1.807, 2.05) is 6.07 Å². The number of benzene rings is 2. The van der Waals surface area contributed by atoms with Gasteiger partial charge in [-0.15, -0.1) is 0 Å². The Balaban J connectivity index is 1.79. The van der Waals surface area contributed by atoms with Gasteiger partial charge in [-0.1, -0.05) is 18.2 Å². The molecule has 1 fully saturated rings. The monoisotopic (exact) mass is 281 g/mol. The van der Waals surface area contributed by atoms with Crippen LogP contribution in [0.4, 0.5) is 17.1 Å². The largest absolute Gasteiger partial charge is 0.399 e. The molecule has 1 heterocycles. The van der Waals surface area contributed by atoms with Crippen LogP contribution in [0.2, 0.25) is 0 Å². The molecule has 1 aliphatic heterocycles. The molecule has 5 nitrogen and oxygen atoms in total. The third-order valence-electron chi connectivity index (χ3n) is 3.41. The minimum Gasteiger partial charge on any atom is -0.399 e. The summed E-state index contributed by atoms with van der Waals surface area (Å²) in [6.07, 6.45) is 0.151. The maximum atomic E-state index is 12.4. The zero-order valence-corrected chi connectivity index (χ0v) is 11.3. The summed E-state index contributed by atoms with van der Waals surface area (Å²) in [5, 5.41) is 3.08. The van der Waals surface area contributed by atoms with Crippen molar-refractivity contribution in [3.05, 3.63) is 54.6 Å². The normalized spacial score (nSPS) is 18.1.